The van der Waals surface area contributed by atoms with Gasteiger partial charge in [-0.3, -0.25) is 4.72 Å². The minimum Gasteiger partial charge on any atom is -0.406 e. The Morgan fingerprint density at radius 1 is 1.07 bits per heavy atom. The summed E-state index contributed by atoms with van der Waals surface area (Å²) in [7, 11) is -4.00. The van der Waals surface area contributed by atoms with Crippen LogP contribution < -0.4 is 9.46 Å². The number of rotatable bonds is 5. The molecule has 3 aromatic rings. The maximum absolute atomic E-state index is 12.8. The van der Waals surface area contributed by atoms with Crippen molar-refractivity contribution in [3.8, 4) is 11.4 Å². The number of ether oxygens (including phenoxy) is 1. The standard InChI is InChI=1S/C18H16F3N3O3S/c1-12-10-15(27-18(19,20)21)8-9-16(12)23-28(25,26)17-11-22-24(13(17)2)14-6-4-3-5-7-14/h3-11,23H,1-2H3. The van der Waals surface area contributed by atoms with Crippen molar-refractivity contribution in [1.82, 2.24) is 9.78 Å². The van der Waals surface area contributed by atoms with Crippen molar-refractivity contribution in [3.05, 3.63) is 66.0 Å². The number of nitrogens with zero attached hydrogens (tertiary/aromatic N) is 2. The molecule has 1 aromatic heterocycles. The molecule has 0 amide bonds. The van der Waals surface area contributed by atoms with Crippen LogP contribution in [0.1, 0.15) is 11.3 Å². The third kappa shape index (κ3) is 4.28. The quantitative estimate of drug-likeness (QED) is 0.683. The van der Waals surface area contributed by atoms with E-state index in [0.717, 1.165) is 12.1 Å². The zero-order chi connectivity index (χ0) is 20.5. The van der Waals surface area contributed by atoms with E-state index in [4.69, 9.17) is 0 Å². The van der Waals surface area contributed by atoms with Crippen LogP contribution in [-0.2, 0) is 10.0 Å². The number of hydrogen-bond acceptors (Lipinski definition) is 4. The predicted molar refractivity (Wildman–Crippen MR) is 97.0 cm³/mol. The van der Waals surface area contributed by atoms with E-state index in [2.05, 4.69) is 14.6 Å². The van der Waals surface area contributed by atoms with Crippen LogP contribution in [0, 0.1) is 13.8 Å². The number of alkyl halides is 3. The van der Waals surface area contributed by atoms with E-state index in [1.165, 1.54) is 23.9 Å². The third-order valence-corrected chi connectivity index (χ3v) is 5.40. The van der Waals surface area contributed by atoms with Crippen LogP contribution in [0.3, 0.4) is 0 Å². The van der Waals surface area contributed by atoms with Gasteiger partial charge in [-0.1, -0.05) is 18.2 Å². The van der Waals surface area contributed by atoms with Gasteiger partial charge in [0, 0.05) is 0 Å². The normalized spacial score (nSPS) is 12.0. The first-order chi connectivity index (χ1) is 13.1. The molecule has 28 heavy (non-hydrogen) atoms. The molecule has 0 aliphatic heterocycles. The Balaban J connectivity index is 1.88. The second kappa shape index (κ2) is 7.19. The number of anilines is 1. The lowest BCUT2D eigenvalue weighted by atomic mass is 10.2. The molecule has 0 saturated heterocycles. The molecule has 0 saturated carbocycles. The summed E-state index contributed by atoms with van der Waals surface area (Å²) < 4.78 is 70.1. The van der Waals surface area contributed by atoms with E-state index in [-0.39, 0.29) is 16.1 Å². The first-order valence-corrected chi connectivity index (χ1v) is 9.54. The van der Waals surface area contributed by atoms with E-state index in [1.807, 2.05) is 6.07 Å². The topological polar surface area (TPSA) is 73.2 Å². The zero-order valence-electron chi connectivity index (χ0n) is 14.9. The molecule has 0 aliphatic carbocycles. The van der Waals surface area contributed by atoms with Crippen LogP contribution in [0.5, 0.6) is 5.75 Å². The number of sulfonamides is 1. The van der Waals surface area contributed by atoms with Crippen molar-refractivity contribution in [2.24, 2.45) is 0 Å². The van der Waals surface area contributed by atoms with Gasteiger partial charge in [0.05, 0.1) is 23.3 Å². The molecular weight excluding hydrogens is 395 g/mol. The molecular formula is C18H16F3N3O3S. The van der Waals surface area contributed by atoms with Crippen LogP contribution in [0.15, 0.2) is 59.6 Å². The Kier molecular flexibility index (Phi) is 5.07. The maximum Gasteiger partial charge on any atom is 0.573 e. The predicted octanol–water partition coefficient (Wildman–Crippen LogP) is 4.19. The maximum atomic E-state index is 12.8. The Morgan fingerprint density at radius 2 is 1.75 bits per heavy atom. The number of aryl methyl sites for hydroxylation is 1. The van der Waals surface area contributed by atoms with Crippen LogP contribution in [0.25, 0.3) is 5.69 Å². The van der Waals surface area contributed by atoms with Gasteiger partial charge < -0.3 is 4.74 Å². The highest BCUT2D eigenvalue weighted by Gasteiger charge is 2.31. The SMILES string of the molecule is Cc1cc(OC(F)(F)F)ccc1NS(=O)(=O)c1cnn(-c2ccccc2)c1C. The summed E-state index contributed by atoms with van der Waals surface area (Å²) in [5, 5.41) is 4.12. The second-order valence-corrected chi connectivity index (χ2v) is 7.62. The van der Waals surface area contributed by atoms with Gasteiger partial charge in [-0.2, -0.15) is 5.10 Å². The fraction of sp³-hybridized carbons (Fsp3) is 0.167. The fourth-order valence-electron chi connectivity index (χ4n) is 2.64. The van der Waals surface area contributed by atoms with Crippen LogP contribution in [0.4, 0.5) is 18.9 Å². The van der Waals surface area contributed by atoms with Gasteiger partial charge in [-0.25, -0.2) is 13.1 Å². The monoisotopic (exact) mass is 411 g/mol. The Hall–Kier alpha value is -3.01. The molecule has 0 radical (unpaired) electrons. The van der Waals surface area contributed by atoms with Crippen molar-refractivity contribution in [2.75, 3.05) is 4.72 Å². The van der Waals surface area contributed by atoms with Crippen molar-refractivity contribution in [3.63, 3.8) is 0 Å². The van der Waals surface area contributed by atoms with Gasteiger partial charge in [-0.15, -0.1) is 13.2 Å². The average molecular weight is 411 g/mol. The minimum absolute atomic E-state index is 0.0358. The van der Waals surface area contributed by atoms with Crippen LogP contribution >= 0.6 is 0 Å². The van der Waals surface area contributed by atoms with Gasteiger partial charge >= 0.3 is 6.36 Å². The van der Waals surface area contributed by atoms with Gasteiger partial charge in [0.15, 0.2) is 0 Å². The Morgan fingerprint density at radius 3 is 2.36 bits per heavy atom. The summed E-state index contributed by atoms with van der Waals surface area (Å²) in [6, 6.07) is 12.4. The molecule has 1 heterocycles. The molecule has 2 aromatic carbocycles. The molecule has 0 aliphatic rings. The highest BCUT2D eigenvalue weighted by atomic mass is 32.2. The van der Waals surface area contributed by atoms with Crippen LogP contribution in [-0.4, -0.2) is 24.6 Å². The highest BCUT2D eigenvalue weighted by Crippen LogP contribution is 2.28. The van der Waals surface area contributed by atoms with E-state index in [0.29, 0.717) is 11.4 Å². The summed E-state index contributed by atoms with van der Waals surface area (Å²) in [5.41, 5.74) is 1.51. The van der Waals surface area contributed by atoms with Crippen molar-refractivity contribution in [2.45, 2.75) is 25.1 Å². The number of halogens is 3. The van der Waals surface area contributed by atoms with E-state index >= 15 is 0 Å². The summed E-state index contributed by atoms with van der Waals surface area (Å²) in [4.78, 5) is -0.0358. The van der Waals surface area contributed by atoms with Crippen molar-refractivity contribution in [1.29, 1.82) is 0 Å². The number of hydrogen-bond donors (Lipinski definition) is 1. The number of aromatic nitrogens is 2. The smallest absolute Gasteiger partial charge is 0.406 e. The second-order valence-electron chi connectivity index (χ2n) is 5.97. The summed E-state index contributed by atoms with van der Waals surface area (Å²) in [6.45, 7) is 3.09. The van der Waals surface area contributed by atoms with E-state index in [9.17, 15) is 21.6 Å². The first-order valence-electron chi connectivity index (χ1n) is 8.06. The molecule has 0 fully saturated rings. The lowest BCUT2D eigenvalue weighted by molar-refractivity contribution is -0.274. The van der Waals surface area contributed by atoms with Gasteiger partial charge in [0.2, 0.25) is 0 Å². The van der Waals surface area contributed by atoms with E-state index < -0.39 is 22.1 Å². The fourth-order valence-corrected chi connectivity index (χ4v) is 3.93. The van der Waals surface area contributed by atoms with Gasteiger partial charge in [-0.05, 0) is 49.7 Å². The number of benzene rings is 2. The molecule has 3 rings (SSSR count). The number of para-hydroxylation sites is 1. The van der Waals surface area contributed by atoms with Crippen molar-refractivity contribution < 1.29 is 26.3 Å². The van der Waals surface area contributed by atoms with Gasteiger partial charge in [0.1, 0.15) is 10.6 Å². The molecule has 10 heteroatoms. The summed E-state index contributed by atoms with van der Waals surface area (Å²) >= 11 is 0. The third-order valence-electron chi connectivity index (χ3n) is 3.93. The number of nitrogens with one attached hydrogen (secondary N) is 1. The lowest BCUT2D eigenvalue weighted by Crippen LogP contribution is -2.18. The molecule has 1 N–H and O–H groups in total. The van der Waals surface area contributed by atoms with E-state index in [1.54, 1.807) is 31.2 Å². The summed E-state index contributed by atoms with van der Waals surface area (Å²) in [5.74, 6) is -0.430. The highest BCUT2D eigenvalue weighted by molar-refractivity contribution is 7.92. The Bertz CT molecular complexity index is 1090. The molecule has 0 spiro atoms. The zero-order valence-corrected chi connectivity index (χ0v) is 15.7. The molecule has 0 bridgehead atoms. The molecule has 0 unspecified atom stereocenters. The van der Waals surface area contributed by atoms with Crippen LogP contribution in [0.2, 0.25) is 0 Å². The summed E-state index contributed by atoms with van der Waals surface area (Å²) in [6.07, 6.45) is -3.60. The minimum atomic E-state index is -4.82. The molecule has 6 nitrogen and oxygen atoms in total. The average Bonchev–Trinajstić information content (AvgIpc) is 2.99. The molecule has 0 atom stereocenters. The molecule has 148 valence electrons. The lowest BCUT2D eigenvalue weighted by Gasteiger charge is -2.13. The Labute approximate surface area is 159 Å². The van der Waals surface area contributed by atoms with Gasteiger partial charge in [0.25, 0.3) is 10.0 Å². The largest absolute Gasteiger partial charge is 0.573 e. The first kappa shape index (κ1) is 19.7. The van der Waals surface area contributed by atoms with Crippen molar-refractivity contribution >= 4 is 15.7 Å².